The van der Waals surface area contributed by atoms with Gasteiger partial charge in [0.15, 0.2) is 11.5 Å². The molecule has 0 unspecified atom stereocenters. The van der Waals surface area contributed by atoms with Gasteiger partial charge in [-0.1, -0.05) is 35.3 Å². The van der Waals surface area contributed by atoms with Crippen LogP contribution in [0.2, 0.25) is 10.0 Å². The highest BCUT2D eigenvalue weighted by molar-refractivity contribution is 9.10. The number of pyridine rings is 1. The van der Waals surface area contributed by atoms with Crippen LogP contribution in [0.15, 0.2) is 59.3 Å². The lowest BCUT2D eigenvalue weighted by Gasteiger charge is -2.15. The van der Waals surface area contributed by atoms with Gasteiger partial charge in [0, 0.05) is 41.1 Å². The molecule has 1 heterocycles. The Hall–Kier alpha value is -1.50. The van der Waals surface area contributed by atoms with Crippen molar-refractivity contribution in [2.75, 3.05) is 7.11 Å². The fraction of sp³-hybridized carbons (Fsp3) is 0.190. The van der Waals surface area contributed by atoms with Crippen LogP contribution in [0, 0.1) is 0 Å². The molecule has 1 aromatic heterocycles. The molecule has 3 aromatic rings. The van der Waals surface area contributed by atoms with Crippen molar-refractivity contribution in [3.63, 3.8) is 0 Å². The molecule has 0 amide bonds. The molecule has 0 atom stereocenters. The fourth-order valence-electron chi connectivity index (χ4n) is 2.66. The molecule has 0 saturated carbocycles. The van der Waals surface area contributed by atoms with Crippen molar-refractivity contribution in [3.05, 3.63) is 86.1 Å². The number of hydrogen-bond donors (Lipinski definition) is 1. The highest BCUT2D eigenvalue weighted by atomic mass is 79.9. The van der Waals surface area contributed by atoms with Gasteiger partial charge in [-0.15, -0.1) is 0 Å². The highest BCUT2D eigenvalue weighted by Crippen LogP contribution is 2.37. The number of halogens is 4. The van der Waals surface area contributed by atoms with Gasteiger partial charge in [-0.25, -0.2) is 0 Å². The van der Waals surface area contributed by atoms with E-state index in [2.05, 4.69) is 26.2 Å². The first-order valence-corrected chi connectivity index (χ1v) is 10.1. The van der Waals surface area contributed by atoms with Crippen LogP contribution in [0.25, 0.3) is 0 Å². The van der Waals surface area contributed by atoms with Crippen molar-refractivity contribution in [3.8, 4) is 11.5 Å². The minimum absolute atomic E-state index is 0. The number of ether oxygens (including phenoxy) is 2. The zero-order valence-corrected chi connectivity index (χ0v) is 19.4. The lowest BCUT2D eigenvalue weighted by atomic mass is 10.2. The average Bonchev–Trinajstić information content (AvgIpc) is 2.69. The Balaban J connectivity index is 0.00000300. The SMILES string of the molecule is COc1cc(CNCc2cccnc2)cc(Br)c1OCc1ccc(Cl)cc1Cl.[Cl-]. The summed E-state index contributed by atoms with van der Waals surface area (Å²) >= 11 is 15.7. The van der Waals surface area contributed by atoms with Gasteiger partial charge in [-0.3, -0.25) is 4.98 Å². The predicted octanol–water partition coefficient (Wildman–Crippen LogP) is 3.03. The Morgan fingerprint density at radius 3 is 2.55 bits per heavy atom. The van der Waals surface area contributed by atoms with E-state index in [-0.39, 0.29) is 12.4 Å². The van der Waals surface area contributed by atoms with Crippen molar-refractivity contribution in [1.29, 1.82) is 0 Å². The zero-order valence-electron chi connectivity index (χ0n) is 15.6. The van der Waals surface area contributed by atoms with Crippen LogP contribution in [0.5, 0.6) is 11.5 Å². The Morgan fingerprint density at radius 1 is 1.07 bits per heavy atom. The first kappa shape index (κ1) is 23.8. The molecule has 0 aliphatic carbocycles. The summed E-state index contributed by atoms with van der Waals surface area (Å²) in [5.74, 6) is 1.28. The summed E-state index contributed by atoms with van der Waals surface area (Å²) in [4.78, 5) is 4.12. The zero-order chi connectivity index (χ0) is 19.9. The summed E-state index contributed by atoms with van der Waals surface area (Å²) in [5, 5.41) is 4.56. The number of benzene rings is 2. The average molecular weight is 518 g/mol. The van der Waals surface area contributed by atoms with Crippen LogP contribution in [-0.2, 0) is 19.7 Å². The molecule has 154 valence electrons. The van der Waals surface area contributed by atoms with Crippen molar-refractivity contribution < 1.29 is 21.9 Å². The molecule has 0 fully saturated rings. The summed E-state index contributed by atoms with van der Waals surface area (Å²) in [6, 6.07) is 13.3. The van der Waals surface area contributed by atoms with E-state index in [1.54, 1.807) is 25.4 Å². The van der Waals surface area contributed by atoms with Crippen LogP contribution in [0.1, 0.15) is 16.7 Å². The van der Waals surface area contributed by atoms with Crippen LogP contribution < -0.4 is 27.2 Å². The maximum atomic E-state index is 6.22. The number of aromatic nitrogens is 1. The molecular formula is C21H19BrCl3N2O2-. The number of rotatable bonds is 8. The molecule has 8 heteroatoms. The van der Waals surface area contributed by atoms with Crippen molar-refractivity contribution >= 4 is 39.1 Å². The summed E-state index contributed by atoms with van der Waals surface area (Å²) in [6.07, 6.45) is 3.61. The van der Waals surface area contributed by atoms with Crippen LogP contribution in [-0.4, -0.2) is 12.1 Å². The third-order valence-electron chi connectivity index (χ3n) is 4.06. The van der Waals surface area contributed by atoms with Gasteiger partial charge in [0.25, 0.3) is 0 Å². The third kappa shape index (κ3) is 6.76. The Morgan fingerprint density at radius 2 is 1.86 bits per heavy atom. The Kier molecular flexibility index (Phi) is 9.53. The van der Waals surface area contributed by atoms with Crippen molar-refractivity contribution in [1.82, 2.24) is 10.3 Å². The normalized spacial score (nSPS) is 10.3. The largest absolute Gasteiger partial charge is 1.00 e. The number of nitrogens with zero attached hydrogens (tertiary/aromatic N) is 1. The Labute approximate surface area is 195 Å². The number of methoxy groups -OCH3 is 1. The molecule has 4 nitrogen and oxygen atoms in total. The van der Waals surface area contributed by atoms with Gasteiger partial charge >= 0.3 is 0 Å². The van der Waals surface area contributed by atoms with Gasteiger partial charge in [0.05, 0.1) is 11.6 Å². The minimum Gasteiger partial charge on any atom is -1.00 e. The Bertz CT molecular complexity index is 943. The van der Waals surface area contributed by atoms with Gasteiger partial charge in [-0.2, -0.15) is 0 Å². The molecule has 1 N–H and O–H groups in total. The topological polar surface area (TPSA) is 43.4 Å². The molecule has 0 spiro atoms. The monoisotopic (exact) mass is 515 g/mol. The van der Waals surface area contributed by atoms with E-state index in [0.29, 0.717) is 34.7 Å². The fourth-order valence-corrected chi connectivity index (χ4v) is 3.72. The summed E-state index contributed by atoms with van der Waals surface area (Å²) < 4.78 is 12.3. The predicted molar refractivity (Wildman–Crippen MR) is 116 cm³/mol. The molecule has 0 aliphatic rings. The number of hydrogen-bond acceptors (Lipinski definition) is 4. The van der Waals surface area contributed by atoms with Crippen LogP contribution in [0.3, 0.4) is 0 Å². The van der Waals surface area contributed by atoms with Gasteiger partial charge in [-0.05, 0) is 57.4 Å². The van der Waals surface area contributed by atoms with Gasteiger partial charge < -0.3 is 27.2 Å². The standard InChI is InChI=1S/C21H19BrCl2N2O2.ClH/c1-27-20-8-15(12-26-11-14-3-2-6-25-10-14)7-18(22)21(20)28-13-16-4-5-17(23)9-19(16)24;/h2-10,26H,11-13H2,1H3;1H/p-1. The molecule has 0 aliphatic heterocycles. The van der Waals surface area contributed by atoms with Gasteiger partial charge in [0.2, 0.25) is 0 Å². The van der Waals surface area contributed by atoms with Crippen molar-refractivity contribution in [2.24, 2.45) is 0 Å². The van der Waals surface area contributed by atoms with E-state index in [1.165, 1.54) is 0 Å². The van der Waals surface area contributed by atoms with E-state index >= 15 is 0 Å². The highest BCUT2D eigenvalue weighted by Gasteiger charge is 2.13. The molecule has 29 heavy (non-hydrogen) atoms. The van der Waals surface area contributed by atoms with E-state index < -0.39 is 0 Å². The second-order valence-corrected chi connectivity index (χ2v) is 7.80. The first-order chi connectivity index (χ1) is 13.6. The summed E-state index contributed by atoms with van der Waals surface area (Å²) in [6.45, 7) is 1.73. The van der Waals surface area contributed by atoms with Crippen LogP contribution in [0.4, 0.5) is 0 Å². The first-order valence-electron chi connectivity index (χ1n) is 8.59. The minimum atomic E-state index is 0. The van der Waals surface area contributed by atoms with Crippen molar-refractivity contribution in [2.45, 2.75) is 19.7 Å². The lowest BCUT2D eigenvalue weighted by Crippen LogP contribution is -3.00. The van der Waals surface area contributed by atoms with Gasteiger partial charge in [0.1, 0.15) is 6.61 Å². The van der Waals surface area contributed by atoms with E-state index in [9.17, 15) is 0 Å². The second-order valence-electron chi connectivity index (χ2n) is 6.10. The molecule has 3 rings (SSSR count). The second kappa shape index (κ2) is 11.6. The maximum Gasteiger partial charge on any atom is 0.175 e. The maximum absolute atomic E-state index is 6.22. The summed E-state index contributed by atoms with van der Waals surface area (Å²) in [5.41, 5.74) is 3.06. The smallest absolute Gasteiger partial charge is 0.175 e. The molecule has 0 bridgehead atoms. The summed E-state index contributed by atoms with van der Waals surface area (Å²) in [7, 11) is 1.62. The molecule has 0 saturated heterocycles. The van der Waals surface area contributed by atoms with E-state index in [4.69, 9.17) is 32.7 Å². The van der Waals surface area contributed by atoms with E-state index in [0.717, 1.165) is 27.7 Å². The third-order valence-corrected chi connectivity index (χ3v) is 5.23. The van der Waals surface area contributed by atoms with E-state index in [1.807, 2.05) is 36.5 Å². The lowest BCUT2D eigenvalue weighted by molar-refractivity contribution is -0.00000598. The molecular weight excluding hydrogens is 499 g/mol. The quantitative estimate of drug-likeness (QED) is 0.499. The molecule has 2 aromatic carbocycles. The number of nitrogens with one attached hydrogen (secondary N) is 1. The van der Waals surface area contributed by atoms with Crippen LogP contribution >= 0.6 is 39.1 Å². The molecule has 0 radical (unpaired) electrons.